The summed E-state index contributed by atoms with van der Waals surface area (Å²) in [6.07, 6.45) is 2.94. The highest BCUT2D eigenvalue weighted by Crippen LogP contribution is 2.34. The number of carbonyl (C=O) groups is 1. The lowest BCUT2D eigenvalue weighted by Crippen LogP contribution is -2.52. The van der Waals surface area contributed by atoms with E-state index in [0.29, 0.717) is 18.5 Å². The number of methoxy groups -OCH3 is 1. The number of nitrogens with zero attached hydrogens (tertiary/aromatic N) is 1. The SMILES string of the molecule is COC1(C)Cc2ccc(CN[C@H]3CCCN[C@H]3c3ccccc3)cc2N(C)C1=O. The fraction of sp³-hybridized carbons (Fsp3) is 0.458. The molecule has 154 valence electrons. The first kappa shape index (κ1) is 20.1. The molecule has 0 radical (unpaired) electrons. The molecule has 2 aromatic rings. The highest BCUT2D eigenvalue weighted by molar-refractivity contribution is 6.02. The molecule has 5 nitrogen and oxygen atoms in total. The lowest BCUT2D eigenvalue weighted by atomic mass is 9.88. The second kappa shape index (κ2) is 8.27. The molecule has 2 aliphatic heterocycles. The lowest BCUT2D eigenvalue weighted by molar-refractivity contribution is -0.138. The van der Waals surface area contributed by atoms with E-state index in [-0.39, 0.29) is 5.91 Å². The highest BCUT2D eigenvalue weighted by Gasteiger charge is 2.41. The van der Waals surface area contributed by atoms with Crippen LogP contribution < -0.4 is 15.5 Å². The Labute approximate surface area is 173 Å². The van der Waals surface area contributed by atoms with Gasteiger partial charge in [0, 0.05) is 44.9 Å². The molecule has 1 amide bonds. The van der Waals surface area contributed by atoms with Gasteiger partial charge >= 0.3 is 0 Å². The zero-order chi connectivity index (χ0) is 20.4. The summed E-state index contributed by atoms with van der Waals surface area (Å²) in [4.78, 5) is 14.5. The van der Waals surface area contributed by atoms with Crippen molar-refractivity contribution in [1.82, 2.24) is 10.6 Å². The maximum absolute atomic E-state index is 12.7. The molecular weight excluding hydrogens is 362 g/mol. The smallest absolute Gasteiger partial charge is 0.259 e. The van der Waals surface area contributed by atoms with Gasteiger partial charge in [-0.15, -0.1) is 0 Å². The molecule has 3 atom stereocenters. The van der Waals surface area contributed by atoms with Crippen molar-refractivity contribution in [3.8, 4) is 0 Å². The summed E-state index contributed by atoms with van der Waals surface area (Å²) in [5.74, 6) is 0.0123. The fourth-order valence-corrected chi connectivity index (χ4v) is 4.61. The minimum Gasteiger partial charge on any atom is -0.368 e. The number of hydrogen-bond acceptors (Lipinski definition) is 4. The van der Waals surface area contributed by atoms with Gasteiger partial charge in [-0.25, -0.2) is 0 Å². The molecule has 2 heterocycles. The molecule has 0 spiro atoms. The van der Waals surface area contributed by atoms with E-state index in [0.717, 1.165) is 30.8 Å². The summed E-state index contributed by atoms with van der Waals surface area (Å²) in [6, 6.07) is 17.8. The molecule has 2 aromatic carbocycles. The van der Waals surface area contributed by atoms with Crippen LogP contribution in [0.25, 0.3) is 0 Å². The number of fused-ring (bicyclic) bond motifs is 1. The van der Waals surface area contributed by atoms with Crippen LogP contribution in [0, 0.1) is 0 Å². The maximum atomic E-state index is 12.7. The van der Waals surface area contributed by atoms with E-state index in [4.69, 9.17) is 4.74 Å². The molecule has 2 N–H and O–H groups in total. The number of carbonyl (C=O) groups excluding carboxylic acids is 1. The summed E-state index contributed by atoms with van der Waals surface area (Å²) >= 11 is 0. The fourth-order valence-electron chi connectivity index (χ4n) is 4.61. The van der Waals surface area contributed by atoms with Crippen LogP contribution in [0.15, 0.2) is 48.5 Å². The minimum atomic E-state index is -0.780. The van der Waals surface area contributed by atoms with Crippen molar-refractivity contribution in [2.24, 2.45) is 0 Å². The van der Waals surface area contributed by atoms with Crippen molar-refractivity contribution >= 4 is 11.6 Å². The normalized spacial score (nSPS) is 27.0. The quantitative estimate of drug-likeness (QED) is 0.819. The molecule has 5 heteroatoms. The van der Waals surface area contributed by atoms with Crippen molar-refractivity contribution in [1.29, 1.82) is 0 Å². The summed E-state index contributed by atoms with van der Waals surface area (Å²) in [5.41, 5.74) is 3.89. The number of nitrogens with one attached hydrogen (secondary N) is 2. The molecule has 2 aliphatic rings. The first-order valence-corrected chi connectivity index (χ1v) is 10.5. The number of piperidine rings is 1. The van der Waals surface area contributed by atoms with Gasteiger partial charge in [0.2, 0.25) is 0 Å². The van der Waals surface area contributed by atoms with Crippen LogP contribution in [0.3, 0.4) is 0 Å². The molecule has 0 aliphatic carbocycles. The molecule has 4 rings (SSSR count). The van der Waals surface area contributed by atoms with Gasteiger partial charge in [0.05, 0.1) is 0 Å². The van der Waals surface area contributed by atoms with Gasteiger partial charge in [-0.1, -0.05) is 42.5 Å². The molecule has 0 aromatic heterocycles. The van der Waals surface area contributed by atoms with E-state index in [9.17, 15) is 4.79 Å². The Balaban J connectivity index is 1.49. The van der Waals surface area contributed by atoms with Gasteiger partial charge in [0.15, 0.2) is 0 Å². The summed E-state index contributed by atoms with van der Waals surface area (Å²) in [6.45, 7) is 3.71. The number of hydrogen-bond donors (Lipinski definition) is 2. The van der Waals surface area contributed by atoms with Gasteiger partial charge < -0.3 is 20.3 Å². The summed E-state index contributed by atoms with van der Waals surface area (Å²) < 4.78 is 5.52. The topological polar surface area (TPSA) is 53.6 Å². The third kappa shape index (κ3) is 3.95. The predicted molar refractivity (Wildman–Crippen MR) is 116 cm³/mol. The number of anilines is 1. The Morgan fingerprint density at radius 2 is 2.03 bits per heavy atom. The average Bonchev–Trinajstić information content (AvgIpc) is 2.77. The van der Waals surface area contributed by atoms with E-state index < -0.39 is 5.60 Å². The molecule has 1 fully saturated rings. The van der Waals surface area contributed by atoms with E-state index in [1.54, 1.807) is 12.0 Å². The van der Waals surface area contributed by atoms with Crippen molar-refractivity contribution in [2.45, 2.75) is 50.4 Å². The Bertz CT molecular complexity index is 870. The number of amides is 1. The molecular formula is C24H31N3O2. The lowest BCUT2D eigenvalue weighted by Gasteiger charge is -2.38. The zero-order valence-electron chi connectivity index (χ0n) is 17.6. The van der Waals surface area contributed by atoms with E-state index >= 15 is 0 Å². The Hall–Kier alpha value is -2.21. The van der Waals surface area contributed by atoms with Gasteiger partial charge in [-0.3, -0.25) is 4.79 Å². The highest BCUT2D eigenvalue weighted by atomic mass is 16.5. The molecule has 0 bridgehead atoms. The van der Waals surface area contributed by atoms with Crippen LogP contribution >= 0.6 is 0 Å². The Morgan fingerprint density at radius 3 is 2.79 bits per heavy atom. The second-order valence-corrected chi connectivity index (χ2v) is 8.41. The van der Waals surface area contributed by atoms with Crippen molar-refractivity contribution in [2.75, 3.05) is 25.6 Å². The number of benzene rings is 2. The Kier molecular flexibility index (Phi) is 5.72. The Morgan fingerprint density at radius 1 is 1.24 bits per heavy atom. The standard InChI is InChI=1S/C24H31N3O2/c1-24(29-3)15-19-12-11-17(14-21(19)27(2)23(24)28)16-26-20-10-7-13-25-22(20)18-8-5-4-6-9-18/h4-6,8-9,11-12,14,20,22,25-26H,7,10,13,15-16H2,1-3H3/t20-,22-,24?/m0/s1. The minimum absolute atomic E-state index is 0.0123. The zero-order valence-corrected chi connectivity index (χ0v) is 17.6. The van der Waals surface area contributed by atoms with Gasteiger partial charge in [0.1, 0.15) is 5.60 Å². The predicted octanol–water partition coefficient (Wildman–Crippen LogP) is 3.19. The number of likely N-dealkylation sites (N-methyl/N-ethyl adjacent to an activating group) is 1. The van der Waals surface area contributed by atoms with E-state index in [1.807, 2.05) is 14.0 Å². The maximum Gasteiger partial charge on any atom is 0.259 e. The van der Waals surface area contributed by atoms with E-state index in [2.05, 4.69) is 59.2 Å². The average molecular weight is 394 g/mol. The molecule has 0 saturated carbocycles. The molecule has 1 unspecified atom stereocenters. The van der Waals surface area contributed by atoms with Crippen molar-refractivity contribution < 1.29 is 9.53 Å². The number of ether oxygens (including phenoxy) is 1. The largest absolute Gasteiger partial charge is 0.368 e. The number of rotatable bonds is 5. The van der Waals surface area contributed by atoms with E-state index in [1.165, 1.54) is 17.5 Å². The van der Waals surface area contributed by atoms with Crippen molar-refractivity contribution in [3.05, 3.63) is 65.2 Å². The van der Waals surface area contributed by atoms with Gasteiger partial charge in [0.25, 0.3) is 5.91 Å². The summed E-state index contributed by atoms with van der Waals surface area (Å²) in [5, 5.41) is 7.43. The molecule has 1 saturated heterocycles. The van der Waals surface area contributed by atoms with Gasteiger partial charge in [-0.05, 0) is 49.1 Å². The first-order chi connectivity index (χ1) is 14.0. The first-order valence-electron chi connectivity index (χ1n) is 10.5. The second-order valence-electron chi connectivity index (χ2n) is 8.41. The van der Waals surface area contributed by atoms with Crippen LogP contribution in [0.2, 0.25) is 0 Å². The van der Waals surface area contributed by atoms with Crippen LogP contribution in [-0.4, -0.2) is 38.3 Å². The molecule has 29 heavy (non-hydrogen) atoms. The van der Waals surface area contributed by atoms with Crippen LogP contribution in [0.4, 0.5) is 5.69 Å². The third-order valence-corrected chi connectivity index (χ3v) is 6.43. The van der Waals surface area contributed by atoms with Crippen LogP contribution in [0.5, 0.6) is 0 Å². The third-order valence-electron chi connectivity index (χ3n) is 6.43. The summed E-state index contributed by atoms with van der Waals surface area (Å²) in [7, 11) is 3.45. The van der Waals surface area contributed by atoms with Crippen LogP contribution in [0.1, 0.15) is 42.5 Å². The van der Waals surface area contributed by atoms with Crippen molar-refractivity contribution in [3.63, 3.8) is 0 Å². The van der Waals surface area contributed by atoms with Crippen LogP contribution in [-0.2, 0) is 22.5 Å². The monoisotopic (exact) mass is 393 g/mol. The van der Waals surface area contributed by atoms with Gasteiger partial charge in [-0.2, -0.15) is 0 Å².